The first kappa shape index (κ1) is 28.6. The molecule has 4 nitrogen and oxygen atoms in total. The zero-order chi connectivity index (χ0) is 32.6. The van der Waals surface area contributed by atoms with E-state index in [1.807, 2.05) is 30.3 Å². The van der Waals surface area contributed by atoms with Crippen LogP contribution in [0.1, 0.15) is 0 Å². The van der Waals surface area contributed by atoms with Gasteiger partial charge >= 0.3 is 0 Å². The molecule has 7 aromatic carbocycles. The molecular formula is C45H29N3O. The molecule has 0 unspecified atom stereocenters. The number of aromatic nitrogens is 3. The van der Waals surface area contributed by atoms with Gasteiger partial charge in [0.1, 0.15) is 11.2 Å². The zero-order valence-corrected chi connectivity index (χ0v) is 26.5. The van der Waals surface area contributed by atoms with Crippen LogP contribution in [-0.4, -0.2) is 15.0 Å². The molecule has 2 aromatic heterocycles. The highest BCUT2D eigenvalue weighted by Crippen LogP contribution is 2.35. The van der Waals surface area contributed by atoms with Gasteiger partial charge in [-0.2, -0.15) is 0 Å². The molecule has 9 aromatic rings. The lowest BCUT2D eigenvalue weighted by molar-refractivity contribution is 0.669. The van der Waals surface area contributed by atoms with E-state index in [1.54, 1.807) is 0 Å². The van der Waals surface area contributed by atoms with Gasteiger partial charge in [-0.15, -0.1) is 0 Å². The number of nitrogens with zero attached hydrogens (tertiary/aromatic N) is 3. The number of hydrogen-bond donors (Lipinski definition) is 0. The first-order valence-corrected chi connectivity index (χ1v) is 16.4. The molecule has 230 valence electrons. The molecular weight excluding hydrogens is 599 g/mol. The van der Waals surface area contributed by atoms with Crippen molar-refractivity contribution >= 4 is 21.9 Å². The molecule has 0 N–H and O–H groups in total. The average Bonchev–Trinajstić information content (AvgIpc) is 3.56. The average molecular weight is 628 g/mol. The molecule has 0 spiro atoms. The lowest BCUT2D eigenvalue weighted by Gasteiger charge is -2.10. The number of hydrogen-bond acceptors (Lipinski definition) is 4. The second-order valence-corrected chi connectivity index (χ2v) is 12.1. The minimum absolute atomic E-state index is 0.606. The molecule has 0 radical (unpaired) electrons. The Labute approximate surface area is 284 Å². The van der Waals surface area contributed by atoms with Gasteiger partial charge in [-0.25, -0.2) is 15.0 Å². The van der Waals surface area contributed by atoms with Crippen LogP contribution in [0.4, 0.5) is 0 Å². The van der Waals surface area contributed by atoms with Crippen LogP contribution in [0.5, 0.6) is 0 Å². The molecule has 9 rings (SSSR count). The quantitative estimate of drug-likeness (QED) is 0.184. The summed E-state index contributed by atoms with van der Waals surface area (Å²) in [5.41, 5.74) is 11.3. The van der Waals surface area contributed by atoms with Gasteiger partial charge in [-0.1, -0.05) is 146 Å². The third-order valence-corrected chi connectivity index (χ3v) is 8.97. The SMILES string of the molecule is c1ccc(-c2ccc(-c3nc(-c4ccc(-c5ccccc5)cc4)nc(-c4ccc5oc6ccc(-c7ccccc7)cc6c5c4)n3)cc2)cc1. The number of furan rings is 1. The van der Waals surface area contributed by atoms with E-state index < -0.39 is 0 Å². The van der Waals surface area contributed by atoms with Crippen LogP contribution in [0.25, 0.3) is 89.5 Å². The molecule has 0 aliphatic rings. The van der Waals surface area contributed by atoms with Gasteiger partial charge in [0.25, 0.3) is 0 Å². The highest BCUT2D eigenvalue weighted by molar-refractivity contribution is 6.07. The van der Waals surface area contributed by atoms with Gasteiger partial charge in [-0.05, 0) is 63.7 Å². The molecule has 0 atom stereocenters. The fraction of sp³-hybridized carbons (Fsp3) is 0. The molecule has 0 aliphatic heterocycles. The summed E-state index contributed by atoms with van der Waals surface area (Å²) in [4.78, 5) is 15.1. The first-order chi connectivity index (χ1) is 24.2. The maximum Gasteiger partial charge on any atom is 0.164 e. The normalized spacial score (nSPS) is 11.3. The molecule has 0 amide bonds. The van der Waals surface area contributed by atoms with Crippen molar-refractivity contribution in [3.8, 4) is 67.5 Å². The molecule has 49 heavy (non-hydrogen) atoms. The van der Waals surface area contributed by atoms with Crippen molar-refractivity contribution in [1.29, 1.82) is 0 Å². The van der Waals surface area contributed by atoms with Crippen LogP contribution in [-0.2, 0) is 0 Å². The lowest BCUT2D eigenvalue weighted by atomic mass is 10.0. The van der Waals surface area contributed by atoms with Gasteiger partial charge in [0, 0.05) is 27.5 Å². The summed E-state index contributed by atoms with van der Waals surface area (Å²) < 4.78 is 6.26. The van der Waals surface area contributed by atoms with Crippen LogP contribution in [0.3, 0.4) is 0 Å². The van der Waals surface area contributed by atoms with Crippen molar-refractivity contribution in [2.75, 3.05) is 0 Å². The van der Waals surface area contributed by atoms with E-state index in [0.717, 1.165) is 55.3 Å². The third-order valence-electron chi connectivity index (χ3n) is 8.97. The molecule has 0 saturated carbocycles. The summed E-state index contributed by atoms with van der Waals surface area (Å²) in [6.45, 7) is 0. The van der Waals surface area contributed by atoms with Gasteiger partial charge < -0.3 is 4.42 Å². The summed E-state index contributed by atoms with van der Waals surface area (Å²) >= 11 is 0. The van der Waals surface area contributed by atoms with E-state index in [1.165, 1.54) is 16.7 Å². The maximum absolute atomic E-state index is 6.26. The third kappa shape index (κ3) is 5.56. The van der Waals surface area contributed by atoms with Crippen LogP contribution in [0, 0.1) is 0 Å². The summed E-state index contributed by atoms with van der Waals surface area (Å²) in [6, 6.07) is 60.5. The summed E-state index contributed by atoms with van der Waals surface area (Å²) in [5, 5.41) is 2.08. The Morgan fingerprint density at radius 3 is 1.02 bits per heavy atom. The van der Waals surface area contributed by atoms with Gasteiger partial charge in [-0.3, -0.25) is 0 Å². The van der Waals surface area contributed by atoms with E-state index >= 15 is 0 Å². The maximum atomic E-state index is 6.26. The number of fused-ring (bicyclic) bond motifs is 3. The zero-order valence-electron chi connectivity index (χ0n) is 26.5. The van der Waals surface area contributed by atoms with Crippen molar-refractivity contribution in [3.05, 3.63) is 176 Å². The molecule has 0 fully saturated rings. The minimum atomic E-state index is 0.606. The molecule has 4 heteroatoms. The van der Waals surface area contributed by atoms with Crippen LogP contribution in [0.2, 0.25) is 0 Å². The monoisotopic (exact) mass is 627 g/mol. The minimum Gasteiger partial charge on any atom is -0.456 e. The number of benzene rings is 7. The van der Waals surface area contributed by atoms with E-state index in [4.69, 9.17) is 19.4 Å². The Kier molecular flexibility index (Phi) is 7.10. The van der Waals surface area contributed by atoms with E-state index in [9.17, 15) is 0 Å². The highest BCUT2D eigenvalue weighted by Gasteiger charge is 2.16. The van der Waals surface area contributed by atoms with E-state index in [2.05, 4.69) is 146 Å². The standard InChI is InChI=1S/C45H29N3O/c1-4-10-30(11-5-1)33-16-20-35(21-17-33)43-46-44(36-22-18-34(19-23-36)31-12-6-2-7-13-31)48-45(47-43)38-25-27-42-40(29-38)39-28-37(24-26-41(39)49-42)32-14-8-3-9-15-32/h1-29H. The van der Waals surface area contributed by atoms with E-state index in [0.29, 0.717) is 17.5 Å². The van der Waals surface area contributed by atoms with Gasteiger partial charge in [0.15, 0.2) is 17.5 Å². The second kappa shape index (κ2) is 12.2. The van der Waals surface area contributed by atoms with Crippen molar-refractivity contribution < 1.29 is 4.42 Å². The number of rotatable bonds is 6. The molecule has 0 aliphatic carbocycles. The van der Waals surface area contributed by atoms with Gasteiger partial charge in [0.2, 0.25) is 0 Å². The van der Waals surface area contributed by atoms with Crippen LogP contribution < -0.4 is 0 Å². The summed E-state index contributed by atoms with van der Waals surface area (Å²) in [5.74, 6) is 1.85. The fourth-order valence-electron chi connectivity index (χ4n) is 6.37. The Morgan fingerprint density at radius 2 is 0.571 bits per heavy atom. The Hall–Kier alpha value is -6.65. The molecule has 0 saturated heterocycles. The van der Waals surface area contributed by atoms with Crippen molar-refractivity contribution in [2.24, 2.45) is 0 Å². The predicted molar refractivity (Wildman–Crippen MR) is 200 cm³/mol. The lowest BCUT2D eigenvalue weighted by Crippen LogP contribution is -2.00. The Balaban J connectivity index is 1.16. The van der Waals surface area contributed by atoms with E-state index in [-0.39, 0.29) is 0 Å². The smallest absolute Gasteiger partial charge is 0.164 e. The van der Waals surface area contributed by atoms with Crippen molar-refractivity contribution in [2.45, 2.75) is 0 Å². The molecule has 2 heterocycles. The van der Waals surface area contributed by atoms with Crippen molar-refractivity contribution in [1.82, 2.24) is 15.0 Å². The first-order valence-electron chi connectivity index (χ1n) is 16.4. The second-order valence-electron chi connectivity index (χ2n) is 12.1. The van der Waals surface area contributed by atoms with Gasteiger partial charge in [0.05, 0.1) is 0 Å². The Morgan fingerprint density at radius 1 is 0.265 bits per heavy atom. The summed E-state index contributed by atoms with van der Waals surface area (Å²) in [7, 11) is 0. The van der Waals surface area contributed by atoms with Crippen molar-refractivity contribution in [3.63, 3.8) is 0 Å². The Bertz CT molecular complexity index is 2460. The largest absolute Gasteiger partial charge is 0.456 e. The highest BCUT2D eigenvalue weighted by atomic mass is 16.3. The fourth-order valence-corrected chi connectivity index (χ4v) is 6.37. The summed E-state index contributed by atoms with van der Waals surface area (Å²) in [6.07, 6.45) is 0. The predicted octanol–water partition coefficient (Wildman–Crippen LogP) is 11.8. The molecule has 0 bridgehead atoms. The van der Waals surface area contributed by atoms with Crippen LogP contribution in [0.15, 0.2) is 180 Å². The topological polar surface area (TPSA) is 51.8 Å². The van der Waals surface area contributed by atoms with Crippen LogP contribution >= 0.6 is 0 Å².